The molecule has 4 heteroatoms. The van der Waals surface area contributed by atoms with Crippen LogP contribution in [0.5, 0.6) is 0 Å². The number of anilines is 1. The number of halogens is 1. The summed E-state index contributed by atoms with van der Waals surface area (Å²) in [7, 11) is 0. The van der Waals surface area contributed by atoms with Gasteiger partial charge in [-0.3, -0.25) is 0 Å². The fourth-order valence-electron chi connectivity index (χ4n) is 2.14. The van der Waals surface area contributed by atoms with Crippen LogP contribution in [0, 0.1) is 0 Å². The minimum atomic E-state index is 0.584. The smallest absolute Gasteiger partial charge is 0.149 e. The van der Waals surface area contributed by atoms with Gasteiger partial charge in [-0.05, 0) is 52.4 Å². The van der Waals surface area contributed by atoms with Gasteiger partial charge in [-0.1, -0.05) is 12.1 Å². The van der Waals surface area contributed by atoms with E-state index in [1.807, 2.05) is 0 Å². The van der Waals surface area contributed by atoms with Crippen LogP contribution in [-0.2, 0) is 12.8 Å². The van der Waals surface area contributed by atoms with Crippen molar-refractivity contribution in [1.82, 2.24) is 4.98 Å². The first-order chi connectivity index (χ1) is 7.74. The predicted molar refractivity (Wildman–Crippen MR) is 71.7 cm³/mol. The van der Waals surface area contributed by atoms with Crippen molar-refractivity contribution in [1.29, 1.82) is 0 Å². The molecule has 82 valence electrons. The molecule has 1 aromatic heterocycles. The molecule has 2 nitrogen and oxygen atoms in total. The van der Waals surface area contributed by atoms with Crippen LogP contribution in [-0.4, -0.2) is 4.98 Å². The van der Waals surface area contributed by atoms with E-state index in [0.29, 0.717) is 5.82 Å². The van der Waals surface area contributed by atoms with Gasteiger partial charge in [0.1, 0.15) is 14.6 Å². The van der Waals surface area contributed by atoms with E-state index in [1.165, 1.54) is 36.0 Å². The Hall–Kier alpha value is -0.870. The average Bonchev–Trinajstić information content (AvgIpc) is 2.85. The van der Waals surface area contributed by atoms with Crippen LogP contribution in [0.3, 0.4) is 0 Å². The van der Waals surface area contributed by atoms with E-state index >= 15 is 0 Å². The molecule has 2 aromatic rings. The molecule has 2 N–H and O–H groups in total. The van der Waals surface area contributed by atoms with Crippen molar-refractivity contribution in [3.05, 3.63) is 33.1 Å². The lowest BCUT2D eigenvalue weighted by Crippen LogP contribution is -1.86. The Morgan fingerprint density at radius 1 is 1.25 bits per heavy atom. The number of nitrogens with two attached hydrogens (primary N) is 1. The Balaban J connectivity index is 2.07. The number of nitrogen functional groups attached to an aromatic ring is 1. The lowest BCUT2D eigenvalue weighted by Gasteiger charge is -2.01. The molecule has 1 aliphatic rings. The molecule has 1 heterocycles. The van der Waals surface area contributed by atoms with Crippen molar-refractivity contribution in [2.45, 2.75) is 19.3 Å². The van der Waals surface area contributed by atoms with Gasteiger partial charge < -0.3 is 5.73 Å². The highest BCUT2D eigenvalue weighted by atomic mass is 79.9. The third-order valence-electron chi connectivity index (χ3n) is 2.96. The predicted octanol–water partition coefficient (Wildman–Crippen LogP) is 3.64. The monoisotopic (exact) mass is 294 g/mol. The number of aryl methyl sites for hydroxylation is 2. The van der Waals surface area contributed by atoms with Crippen molar-refractivity contribution in [3.8, 4) is 10.6 Å². The van der Waals surface area contributed by atoms with Gasteiger partial charge in [0.25, 0.3) is 0 Å². The van der Waals surface area contributed by atoms with E-state index in [2.05, 4.69) is 39.1 Å². The zero-order chi connectivity index (χ0) is 11.1. The Labute approximate surface area is 107 Å². The molecule has 0 atom stereocenters. The number of fused-ring (bicyclic) bond motifs is 1. The Morgan fingerprint density at radius 2 is 2.06 bits per heavy atom. The van der Waals surface area contributed by atoms with Gasteiger partial charge in [-0.15, -0.1) is 11.3 Å². The Bertz CT molecular complexity index is 528. The zero-order valence-corrected chi connectivity index (χ0v) is 11.1. The fraction of sp³-hybridized carbons (Fsp3) is 0.250. The van der Waals surface area contributed by atoms with Crippen LogP contribution in [0.1, 0.15) is 17.5 Å². The standard InChI is InChI=1S/C12H11BrN2S/c13-10-11(14)15-12(16-10)9-5-4-7-2-1-3-8(7)6-9/h4-6H,1-3,14H2. The second kappa shape index (κ2) is 3.86. The molecule has 0 unspecified atom stereocenters. The normalized spacial score (nSPS) is 14.1. The van der Waals surface area contributed by atoms with Gasteiger partial charge in [0.05, 0.1) is 0 Å². The quantitative estimate of drug-likeness (QED) is 0.872. The zero-order valence-electron chi connectivity index (χ0n) is 8.66. The topological polar surface area (TPSA) is 38.9 Å². The second-order valence-electron chi connectivity index (χ2n) is 4.02. The van der Waals surface area contributed by atoms with Crippen LogP contribution in [0.4, 0.5) is 5.82 Å². The Morgan fingerprint density at radius 3 is 2.81 bits per heavy atom. The molecule has 0 radical (unpaired) electrons. The molecule has 0 spiro atoms. The average molecular weight is 295 g/mol. The van der Waals surface area contributed by atoms with E-state index in [0.717, 1.165) is 8.79 Å². The van der Waals surface area contributed by atoms with Crippen LogP contribution in [0.15, 0.2) is 22.0 Å². The van der Waals surface area contributed by atoms with Crippen molar-refractivity contribution >= 4 is 33.1 Å². The highest BCUT2D eigenvalue weighted by molar-refractivity contribution is 9.11. The van der Waals surface area contributed by atoms with Crippen LogP contribution < -0.4 is 5.73 Å². The molecule has 1 aliphatic carbocycles. The van der Waals surface area contributed by atoms with Gasteiger partial charge in [0.15, 0.2) is 0 Å². The van der Waals surface area contributed by atoms with Crippen LogP contribution in [0.2, 0.25) is 0 Å². The van der Waals surface area contributed by atoms with Gasteiger partial charge >= 0.3 is 0 Å². The second-order valence-corrected chi connectivity index (χ2v) is 6.33. The number of benzene rings is 1. The molecule has 0 saturated heterocycles. The minimum Gasteiger partial charge on any atom is -0.382 e. The van der Waals surface area contributed by atoms with Gasteiger partial charge in [-0.2, -0.15) is 0 Å². The maximum Gasteiger partial charge on any atom is 0.149 e. The molecule has 0 saturated carbocycles. The number of rotatable bonds is 1. The SMILES string of the molecule is Nc1nc(-c2ccc3c(c2)CCC3)sc1Br. The number of aromatic nitrogens is 1. The van der Waals surface area contributed by atoms with E-state index in [1.54, 1.807) is 11.3 Å². The van der Waals surface area contributed by atoms with Crippen LogP contribution >= 0.6 is 27.3 Å². The summed E-state index contributed by atoms with van der Waals surface area (Å²) in [4.78, 5) is 4.36. The summed E-state index contributed by atoms with van der Waals surface area (Å²) in [6.45, 7) is 0. The van der Waals surface area contributed by atoms with Gasteiger partial charge in [0.2, 0.25) is 0 Å². The molecule has 0 bridgehead atoms. The third-order valence-corrected chi connectivity index (χ3v) is 4.76. The van der Waals surface area contributed by atoms with Crippen molar-refractivity contribution in [2.24, 2.45) is 0 Å². The lowest BCUT2D eigenvalue weighted by molar-refractivity contribution is 0.912. The molecule has 0 amide bonds. The first-order valence-electron chi connectivity index (χ1n) is 5.28. The van der Waals surface area contributed by atoms with E-state index in [9.17, 15) is 0 Å². The molecule has 0 fully saturated rings. The largest absolute Gasteiger partial charge is 0.382 e. The minimum absolute atomic E-state index is 0.584. The number of hydrogen-bond acceptors (Lipinski definition) is 3. The molecular weight excluding hydrogens is 284 g/mol. The summed E-state index contributed by atoms with van der Waals surface area (Å²) in [5.41, 5.74) is 9.89. The molecule has 0 aliphatic heterocycles. The van der Waals surface area contributed by atoms with E-state index in [4.69, 9.17) is 5.73 Å². The molecule has 1 aromatic carbocycles. The van der Waals surface area contributed by atoms with Gasteiger partial charge in [0, 0.05) is 5.56 Å². The Kier molecular flexibility index (Phi) is 2.48. The van der Waals surface area contributed by atoms with Crippen molar-refractivity contribution in [3.63, 3.8) is 0 Å². The summed E-state index contributed by atoms with van der Waals surface area (Å²) in [6, 6.07) is 6.63. The summed E-state index contributed by atoms with van der Waals surface area (Å²) >= 11 is 5.00. The highest BCUT2D eigenvalue weighted by Crippen LogP contribution is 2.35. The van der Waals surface area contributed by atoms with Crippen LogP contribution in [0.25, 0.3) is 10.6 Å². The number of thiazole rings is 1. The van der Waals surface area contributed by atoms with Crippen molar-refractivity contribution < 1.29 is 0 Å². The maximum absolute atomic E-state index is 5.74. The fourth-order valence-corrected chi connectivity index (χ4v) is 3.40. The lowest BCUT2D eigenvalue weighted by atomic mass is 10.1. The van der Waals surface area contributed by atoms with Gasteiger partial charge in [-0.25, -0.2) is 4.98 Å². The number of nitrogens with zero attached hydrogens (tertiary/aromatic N) is 1. The molecular formula is C12H11BrN2S. The first kappa shape index (κ1) is 10.3. The summed E-state index contributed by atoms with van der Waals surface area (Å²) in [6.07, 6.45) is 3.70. The molecule has 16 heavy (non-hydrogen) atoms. The number of hydrogen-bond donors (Lipinski definition) is 1. The summed E-state index contributed by atoms with van der Waals surface area (Å²) in [5.74, 6) is 0.584. The van der Waals surface area contributed by atoms with E-state index in [-0.39, 0.29) is 0 Å². The maximum atomic E-state index is 5.74. The highest BCUT2D eigenvalue weighted by Gasteiger charge is 2.13. The van der Waals surface area contributed by atoms with Crippen molar-refractivity contribution in [2.75, 3.05) is 5.73 Å². The first-order valence-corrected chi connectivity index (χ1v) is 6.89. The summed E-state index contributed by atoms with van der Waals surface area (Å²) < 4.78 is 0.919. The van der Waals surface area contributed by atoms with E-state index < -0.39 is 0 Å². The third kappa shape index (κ3) is 1.66. The molecule has 3 rings (SSSR count). The summed E-state index contributed by atoms with van der Waals surface area (Å²) in [5, 5.41) is 0.999.